The molecule has 1 amide bonds. The molecule has 1 aromatic carbocycles. The van der Waals surface area contributed by atoms with Crippen molar-refractivity contribution in [2.45, 2.75) is 37.8 Å². The van der Waals surface area contributed by atoms with Crippen LogP contribution in [0, 0.1) is 5.82 Å². The number of rotatable bonds is 3. The van der Waals surface area contributed by atoms with E-state index in [2.05, 4.69) is 14.5 Å². The molecule has 1 atom stereocenters. The number of carbonyl (C=O) groups excluding carboxylic acids is 1. The maximum absolute atomic E-state index is 13.2. The van der Waals surface area contributed by atoms with E-state index in [1.54, 1.807) is 23.2 Å². The molecule has 1 saturated heterocycles. The molecule has 2 fully saturated rings. The average Bonchev–Trinajstić information content (AvgIpc) is 3.43. The van der Waals surface area contributed by atoms with Crippen LogP contribution in [0.3, 0.4) is 0 Å². The van der Waals surface area contributed by atoms with Crippen LogP contribution in [0.5, 0.6) is 0 Å². The van der Waals surface area contributed by atoms with Crippen LogP contribution >= 0.6 is 0 Å². The van der Waals surface area contributed by atoms with E-state index in [0.29, 0.717) is 31.3 Å². The lowest BCUT2D eigenvalue weighted by Crippen LogP contribution is -2.42. The summed E-state index contributed by atoms with van der Waals surface area (Å²) in [5, 5.41) is 0. The third kappa shape index (κ3) is 3.51. The molecule has 0 radical (unpaired) electrons. The lowest BCUT2D eigenvalue weighted by molar-refractivity contribution is -0.0228. The van der Waals surface area contributed by atoms with Gasteiger partial charge in [0.1, 0.15) is 17.4 Å². The first-order valence-corrected chi connectivity index (χ1v) is 10.2. The SMILES string of the molecule is O=C(c1cnc2c(c1)ncn2C1CCCC1)N1CCOC(c2ccc(F)cc2)C1. The highest BCUT2D eigenvalue weighted by Crippen LogP contribution is 2.31. The minimum absolute atomic E-state index is 0.0785. The summed E-state index contributed by atoms with van der Waals surface area (Å²) in [5.41, 5.74) is 3.01. The highest BCUT2D eigenvalue weighted by atomic mass is 19.1. The van der Waals surface area contributed by atoms with Gasteiger partial charge in [-0.3, -0.25) is 4.79 Å². The van der Waals surface area contributed by atoms with Gasteiger partial charge in [-0.25, -0.2) is 14.4 Å². The Hall–Kier alpha value is -2.80. The summed E-state index contributed by atoms with van der Waals surface area (Å²) in [7, 11) is 0. The summed E-state index contributed by atoms with van der Waals surface area (Å²) in [6.45, 7) is 1.39. The van der Waals surface area contributed by atoms with Crippen LogP contribution in [0.25, 0.3) is 11.2 Å². The number of amides is 1. The molecule has 7 heteroatoms. The summed E-state index contributed by atoms with van der Waals surface area (Å²) in [4.78, 5) is 23.9. The normalized spacial score (nSPS) is 20.4. The van der Waals surface area contributed by atoms with Gasteiger partial charge in [0.15, 0.2) is 5.65 Å². The first-order valence-electron chi connectivity index (χ1n) is 10.2. The Morgan fingerprint density at radius 2 is 1.93 bits per heavy atom. The molecular formula is C22H23FN4O2. The fraction of sp³-hybridized carbons (Fsp3) is 0.409. The Bertz CT molecular complexity index is 1030. The van der Waals surface area contributed by atoms with E-state index in [1.807, 2.05) is 12.4 Å². The monoisotopic (exact) mass is 394 g/mol. The molecular weight excluding hydrogens is 371 g/mol. The molecule has 3 heterocycles. The molecule has 5 rings (SSSR count). The van der Waals surface area contributed by atoms with Crippen molar-refractivity contribution in [1.29, 1.82) is 0 Å². The van der Waals surface area contributed by atoms with Crippen LogP contribution in [0.4, 0.5) is 4.39 Å². The standard InChI is InChI=1S/C22H23FN4O2/c23-17-7-5-15(6-8-17)20-13-26(9-10-29-20)22(28)16-11-19-21(24-12-16)27(14-25-19)18-3-1-2-4-18/h5-8,11-12,14,18,20H,1-4,9-10,13H2. The lowest BCUT2D eigenvalue weighted by Gasteiger charge is -2.33. The number of carbonyl (C=O) groups is 1. The largest absolute Gasteiger partial charge is 0.370 e. The molecule has 0 spiro atoms. The first-order chi connectivity index (χ1) is 14.2. The number of ether oxygens (including phenoxy) is 1. The van der Waals surface area contributed by atoms with Gasteiger partial charge in [0, 0.05) is 18.8 Å². The number of morpholine rings is 1. The number of aromatic nitrogens is 3. The topological polar surface area (TPSA) is 60.2 Å². The minimum atomic E-state index is -0.283. The summed E-state index contributed by atoms with van der Waals surface area (Å²) in [5.74, 6) is -0.362. The second-order valence-electron chi connectivity index (χ2n) is 7.82. The minimum Gasteiger partial charge on any atom is -0.370 e. The molecule has 2 aromatic heterocycles. The molecule has 1 unspecified atom stereocenters. The molecule has 1 saturated carbocycles. The van der Waals surface area contributed by atoms with Crippen molar-refractivity contribution in [3.8, 4) is 0 Å². The van der Waals surface area contributed by atoms with E-state index in [-0.39, 0.29) is 17.8 Å². The van der Waals surface area contributed by atoms with E-state index >= 15 is 0 Å². The van der Waals surface area contributed by atoms with Crippen molar-refractivity contribution >= 4 is 17.1 Å². The quantitative estimate of drug-likeness (QED) is 0.676. The number of hydrogen-bond acceptors (Lipinski definition) is 4. The summed E-state index contributed by atoms with van der Waals surface area (Å²) < 4.78 is 21.1. The molecule has 150 valence electrons. The third-order valence-electron chi connectivity index (χ3n) is 5.97. The summed E-state index contributed by atoms with van der Waals surface area (Å²) >= 11 is 0. The molecule has 29 heavy (non-hydrogen) atoms. The maximum Gasteiger partial charge on any atom is 0.255 e. The number of halogens is 1. The van der Waals surface area contributed by atoms with Gasteiger partial charge in [0.05, 0.1) is 25.0 Å². The molecule has 6 nitrogen and oxygen atoms in total. The van der Waals surface area contributed by atoms with Crippen molar-refractivity contribution in [3.05, 3.63) is 59.8 Å². The summed E-state index contributed by atoms with van der Waals surface area (Å²) in [6.07, 6.45) is 8.05. The van der Waals surface area contributed by atoms with Crippen LogP contribution in [0.2, 0.25) is 0 Å². The van der Waals surface area contributed by atoms with Gasteiger partial charge in [-0.05, 0) is 36.6 Å². The molecule has 1 aliphatic heterocycles. The first kappa shape index (κ1) is 18.2. The van der Waals surface area contributed by atoms with Gasteiger partial charge >= 0.3 is 0 Å². The van der Waals surface area contributed by atoms with Gasteiger partial charge in [-0.15, -0.1) is 0 Å². The summed E-state index contributed by atoms with van der Waals surface area (Å²) in [6, 6.07) is 8.54. The number of hydrogen-bond donors (Lipinski definition) is 0. The van der Waals surface area contributed by atoms with Crippen LogP contribution in [0.1, 0.15) is 53.8 Å². The molecule has 0 bridgehead atoms. The smallest absolute Gasteiger partial charge is 0.255 e. The van der Waals surface area contributed by atoms with Crippen LogP contribution < -0.4 is 0 Å². The number of nitrogens with zero attached hydrogens (tertiary/aromatic N) is 4. The molecule has 0 N–H and O–H groups in total. The Balaban J connectivity index is 1.35. The fourth-order valence-electron chi connectivity index (χ4n) is 4.38. The third-order valence-corrected chi connectivity index (χ3v) is 5.97. The van der Waals surface area contributed by atoms with Gasteiger partial charge in [-0.1, -0.05) is 25.0 Å². The van der Waals surface area contributed by atoms with Gasteiger partial charge in [0.2, 0.25) is 0 Å². The average molecular weight is 394 g/mol. The number of pyridine rings is 1. The van der Waals surface area contributed by atoms with Crippen molar-refractivity contribution in [2.24, 2.45) is 0 Å². The second-order valence-corrected chi connectivity index (χ2v) is 7.82. The Morgan fingerprint density at radius 3 is 2.72 bits per heavy atom. The molecule has 1 aliphatic carbocycles. The number of imidazole rings is 1. The number of benzene rings is 1. The zero-order valence-corrected chi connectivity index (χ0v) is 16.1. The van der Waals surface area contributed by atoms with Gasteiger partial charge in [0.25, 0.3) is 5.91 Å². The second kappa shape index (κ2) is 7.55. The van der Waals surface area contributed by atoms with E-state index in [1.165, 1.54) is 25.0 Å². The van der Waals surface area contributed by atoms with Crippen LogP contribution in [0.15, 0.2) is 42.9 Å². The highest BCUT2D eigenvalue weighted by Gasteiger charge is 2.27. The van der Waals surface area contributed by atoms with E-state index in [9.17, 15) is 9.18 Å². The van der Waals surface area contributed by atoms with Crippen molar-refractivity contribution < 1.29 is 13.9 Å². The van der Waals surface area contributed by atoms with Crippen molar-refractivity contribution in [2.75, 3.05) is 19.7 Å². The highest BCUT2D eigenvalue weighted by molar-refractivity contribution is 5.96. The molecule has 2 aliphatic rings. The van der Waals surface area contributed by atoms with Crippen molar-refractivity contribution in [1.82, 2.24) is 19.4 Å². The van der Waals surface area contributed by atoms with E-state index in [4.69, 9.17) is 4.74 Å². The van der Waals surface area contributed by atoms with Crippen LogP contribution in [-0.2, 0) is 4.74 Å². The van der Waals surface area contributed by atoms with Gasteiger partial charge in [-0.2, -0.15) is 0 Å². The van der Waals surface area contributed by atoms with Crippen LogP contribution in [-0.4, -0.2) is 45.0 Å². The number of fused-ring (bicyclic) bond motifs is 1. The Kier molecular flexibility index (Phi) is 4.75. The zero-order valence-electron chi connectivity index (χ0n) is 16.1. The van der Waals surface area contributed by atoms with Gasteiger partial charge < -0.3 is 14.2 Å². The van der Waals surface area contributed by atoms with E-state index < -0.39 is 0 Å². The Morgan fingerprint density at radius 1 is 1.14 bits per heavy atom. The predicted octanol–water partition coefficient (Wildman–Crippen LogP) is 3.90. The maximum atomic E-state index is 13.2. The van der Waals surface area contributed by atoms with Crippen molar-refractivity contribution in [3.63, 3.8) is 0 Å². The zero-order chi connectivity index (χ0) is 19.8. The molecule has 3 aromatic rings. The van der Waals surface area contributed by atoms with E-state index in [0.717, 1.165) is 29.6 Å². The lowest BCUT2D eigenvalue weighted by atomic mass is 10.1. The Labute approximate surface area is 168 Å². The predicted molar refractivity (Wildman–Crippen MR) is 106 cm³/mol. The fourth-order valence-corrected chi connectivity index (χ4v) is 4.38.